The Hall–Kier alpha value is -1.69. The van der Waals surface area contributed by atoms with Crippen LogP contribution in [0.1, 0.15) is 18.4 Å². The summed E-state index contributed by atoms with van der Waals surface area (Å²) in [5.41, 5.74) is 1.81. The molecule has 0 bridgehead atoms. The maximum atomic E-state index is 12.5. The van der Waals surface area contributed by atoms with Crippen LogP contribution in [0.5, 0.6) is 0 Å². The van der Waals surface area contributed by atoms with Crippen molar-refractivity contribution in [3.05, 3.63) is 29.8 Å². The molecule has 1 aromatic rings. The second-order valence-electron chi connectivity index (χ2n) is 5.62. The predicted molar refractivity (Wildman–Crippen MR) is 82.4 cm³/mol. The summed E-state index contributed by atoms with van der Waals surface area (Å²) < 4.78 is 0. The van der Waals surface area contributed by atoms with Crippen LogP contribution in [0.25, 0.3) is 0 Å². The van der Waals surface area contributed by atoms with Gasteiger partial charge in [0.15, 0.2) is 0 Å². The maximum Gasteiger partial charge on any atom is 0.327 e. The molecular formula is C15H18N2O3S. The van der Waals surface area contributed by atoms with Gasteiger partial charge in [0.2, 0.25) is 0 Å². The molecule has 2 unspecified atom stereocenters. The van der Waals surface area contributed by atoms with E-state index in [4.69, 9.17) is 0 Å². The van der Waals surface area contributed by atoms with Gasteiger partial charge >= 0.3 is 12.0 Å². The van der Waals surface area contributed by atoms with Crippen LogP contribution >= 0.6 is 11.8 Å². The number of anilines is 1. The number of urea groups is 1. The van der Waals surface area contributed by atoms with Crippen molar-refractivity contribution in [2.45, 2.75) is 31.2 Å². The van der Waals surface area contributed by atoms with Gasteiger partial charge in [-0.2, -0.15) is 0 Å². The summed E-state index contributed by atoms with van der Waals surface area (Å²) in [6.07, 6.45) is 2.16. The molecule has 1 aliphatic heterocycles. The molecule has 1 saturated carbocycles. The van der Waals surface area contributed by atoms with E-state index in [0.29, 0.717) is 17.4 Å². The number of nitrogens with one attached hydrogen (secondary N) is 1. The first-order valence-electron chi connectivity index (χ1n) is 7.06. The number of benzene rings is 1. The Morgan fingerprint density at radius 1 is 1.29 bits per heavy atom. The van der Waals surface area contributed by atoms with Gasteiger partial charge in [-0.15, -0.1) is 11.8 Å². The fourth-order valence-corrected chi connectivity index (χ4v) is 4.17. The summed E-state index contributed by atoms with van der Waals surface area (Å²) in [4.78, 5) is 25.4. The third-order valence-corrected chi connectivity index (χ3v) is 5.34. The minimum atomic E-state index is -0.926. The fraction of sp³-hybridized carbons (Fsp3) is 0.467. The average molecular weight is 306 g/mol. The monoisotopic (exact) mass is 306 g/mol. The van der Waals surface area contributed by atoms with Gasteiger partial charge < -0.3 is 10.4 Å². The molecule has 5 nitrogen and oxygen atoms in total. The Morgan fingerprint density at radius 3 is 2.52 bits per heavy atom. The first-order valence-corrected chi connectivity index (χ1v) is 8.11. The second kappa shape index (κ2) is 5.60. The number of aliphatic carboxylic acids is 1. The molecule has 1 aromatic carbocycles. The van der Waals surface area contributed by atoms with Crippen LogP contribution in [-0.2, 0) is 4.79 Å². The number of nitrogens with zero attached hydrogens (tertiary/aromatic N) is 1. The van der Waals surface area contributed by atoms with E-state index in [-0.39, 0.29) is 11.4 Å². The van der Waals surface area contributed by atoms with Crippen molar-refractivity contribution in [2.75, 3.05) is 11.1 Å². The lowest BCUT2D eigenvalue weighted by Gasteiger charge is -2.27. The Balaban J connectivity index is 1.76. The number of rotatable bonds is 3. The smallest absolute Gasteiger partial charge is 0.327 e. The zero-order valence-electron chi connectivity index (χ0n) is 11.8. The molecule has 21 heavy (non-hydrogen) atoms. The summed E-state index contributed by atoms with van der Waals surface area (Å²) in [6.45, 7) is 1.98. The highest BCUT2D eigenvalue weighted by Gasteiger charge is 2.48. The Bertz CT molecular complexity index is 557. The number of thioether (sulfide) groups is 1. The molecule has 1 saturated heterocycles. The zero-order chi connectivity index (χ0) is 15.0. The summed E-state index contributed by atoms with van der Waals surface area (Å²) in [7, 11) is 0. The van der Waals surface area contributed by atoms with Gasteiger partial charge in [-0.1, -0.05) is 17.7 Å². The number of carbonyl (C=O) groups is 2. The second-order valence-corrected chi connectivity index (χ2v) is 6.77. The normalized spacial score (nSPS) is 24.9. The summed E-state index contributed by atoms with van der Waals surface area (Å²) in [6, 6.07) is 6.46. The Kier molecular flexibility index (Phi) is 3.80. The van der Waals surface area contributed by atoms with Crippen molar-refractivity contribution in [1.82, 2.24) is 4.90 Å². The number of hydrogen-bond acceptors (Lipinski definition) is 3. The molecule has 2 amide bonds. The van der Waals surface area contributed by atoms with Crippen LogP contribution < -0.4 is 5.32 Å². The maximum absolute atomic E-state index is 12.5. The highest BCUT2D eigenvalue weighted by atomic mass is 32.2. The van der Waals surface area contributed by atoms with Crippen molar-refractivity contribution in [2.24, 2.45) is 5.92 Å². The van der Waals surface area contributed by atoms with Crippen molar-refractivity contribution in [1.29, 1.82) is 0 Å². The minimum Gasteiger partial charge on any atom is -0.480 e. The Morgan fingerprint density at radius 2 is 1.95 bits per heavy atom. The number of hydrogen-bond donors (Lipinski definition) is 2. The SMILES string of the molecule is Cc1ccc(NC(=O)N2C(C(=O)O)CSC2C2CC2)cc1. The molecule has 0 spiro atoms. The summed E-state index contributed by atoms with van der Waals surface area (Å²) in [5.74, 6) is -0.00881. The third kappa shape index (κ3) is 3.00. The van der Waals surface area contributed by atoms with Gasteiger partial charge in [0, 0.05) is 11.4 Å². The van der Waals surface area contributed by atoms with E-state index in [1.54, 1.807) is 11.8 Å². The first kappa shape index (κ1) is 14.3. The quantitative estimate of drug-likeness (QED) is 0.901. The largest absolute Gasteiger partial charge is 0.480 e. The minimum absolute atomic E-state index is 0.00320. The van der Waals surface area contributed by atoms with Crippen LogP contribution in [0.3, 0.4) is 0 Å². The van der Waals surface area contributed by atoms with Gasteiger partial charge in [0.1, 0.15) is 6.04 Å². The average Bonchev–Trinajstić information content (AvgIpc) is 3.19. The number of carboxylic acid groups (broad SMARTS) is 1. The molecule has 2 fully saturated rings. The van der Waals surface area contributed by atoms with E-state index in [1.807, 2.05) is 31.2 Å². The van der Waals surface area contributed by atoms with E-state index in [0.717, 1.165) is 18.4 Å². The van der Waals surface area contributed by atoms with Crippen LogP contribution in [0.2, 0.25) is 0 Å². The topological polar surface area (TPSA) is 69.6 Å². The molecule has 0 aromatic heterocycles. The van der Waals surface area contributed by atoms with Crippen LogP contribution in [0, 0.1) is 12.8 Å². The first-order chi connectivity index (χ1) is 10.1. The van der Waals surface area contributed by atoms with Crippen molar-refractivity contribution < 1.29 is 14.7 Å². The van der Waals surface area contributed by atoms with E-state index >= 15 is 0 Å². The lowest BCUT2D eigenvalue weighted by Crippen LogP contribution is -2.48. The number of amides is 2. The standard InChI is InChI=1S/C15H18N2O3S/c1-9-2-6-11(7-3-9)16-15(20)17-12(14(18)19)8-21-13(17)10-4-5-10/h2-3,6-7,10,12-13H,4-5,8H2,1H3,(H,16,20)(H,18,19). The molecule has 1 heterocycles. The van der Waals surface area contributed by atoms with E-state index in [2.05, 4.69) is 5.32 Å². The van der Waals surface area contributed by atoms with Crippen LogP contribution in [0.4, 0.5) is 10.5 Å². The number of aryl methyl sites for hydroxylation is 1. The lowest BCUT2D eigenvalue weighted by atomic mass is 10.2. The molecule has 6 heteroatoms. The van der Waals surface area contributed by atoms with Crippen LogP contribution in [-0.4, -0.2) is 39.2 Å². The van der Waals surface area contributed by atoms with Gasteiger partial charge in [-0.05, 0) is 37.8 Å². The highest BCUT2D eigenvalue weighted by molar-refractivity contribution is 8.00. The van der Waals surface area contributed by atoms with E-state index < -0.39 is 12.0 Å². The number of carbonyl (C=O) groups excluding carboxylic acids is 1. The summed E-state index contributed by atoms with van der Waals surface area (Å²) >= 11 is 1.58. The molecule has 0 radical (unpaired) electrons. The third-order valence-electron chi connectivity index (χ3n) is 3.88. The molecule has 3 rings (SSSR count). The molecule has 2 aliphatic rings. The molecule has 2 atom stereocenters. The van der Waals surface area contributed by atoms with Gasteiger partial charge in [-0.3, -0.25) is 4.90 Å². The van der Waals surface area contributed by atoms with Gasteiger partial charge in [-0.25, -0.2) is 9.59 Å². The highest BCUT2D eigenvalue weighted by Crippen LogP contribution is 2.45. The fourth-order valence-electron chi connectivity index (χ4n) is 2.54. The molecule has 1 aliphatic carbocycles. The molecular weight excluding hydrogens is 288 g/mol. The summed E-state index contributed by atoms with van der Waals surface area (Å²) in [5, 5.41) is 12.1. The van der Waals surface area contributed by atoms with Crippen molar-refractivity contribution in [3.8, 4) is 0 Å². The van der Waals surface area contributed by atoms with E-state index in [1.165, 1.54) is 4.90 Å². The molecule has 112 valence electrons. The van der Waals surface area contributed by atoms with Gasteiger partial charge in [0.25, 0.3) is 0 Å². The lowest BCUT2D eigenvalue weighted by molar-refractivity contribution is -0.141. The predicted octanol–water partition coefficient (Wildman–Crippen LogP) is 2.77. The van der Waals surface area contributed by atoms with Crippen LogP contribution in [0.15, 0.2) is 24.3 Å². The number of carboxylic acids is 1. The van der Waals surface area contributed by atoms with E-state index in [9.17, 15) is 14.7 Å². The zero-order valence-corrected chi connectivity index (χ0v) is 12.6. The molecule has 2 N–H and O–H groups in total. The Labute approximate surface area is 127 Å². The van der Waals surface area contributed by atoms with Crippen molar-refractivity contribution >= 4 is 29.4 Å². The van der Waals surface area contributed by atoms with Crippen molar-refractivity contribution in [3.63, 3.8) is 0 Å². The van der Waals surface area contributed by atoms with Gasteiger partial charge in [0.05, 0.1) is 5.37 Å².